The van der Waals surface area contributed by atoms with E-state index in [0.717, 1.165) is 16.8 Å². The van der Waals surface area contributed by atoms with Crippen molar-refractivity contribution in [3.8, 4) is 0 Å². The van der Waals surface area contributed by atoms with Gasteiger partial charge in [0.1, 0.15) is 6.04 Å². The van der Waals surface area contributed by atoms with E-state index in [1.165, 1.54) is 0 Å². The van der Waals surface area contributed by atoms with Crippen LogP contribution in [0, 0.1) is 0 Å². The molecule has 3 rings (SSSR count). The molecule has 2 N–H and O–H groups in total. The van der Waals surface area contributed by atoms with Crippen molar-refractivity contribution in [3.63, 3.8) is 0 Å². The fourth-order valence-corrected chi connectivity index (χ4v) is 3.07. The number of nitrogens with zero attached hydrogens (tertiary/aromatic N) is 1. The van der Waals surface area contributed by atoms with Crippen molar-refractivity contribution in [3.05, 3.63) is 29.3 Å². The molecule has 2 aliphatic rings. The average Bonchev–Trinajstić information content (AvgIpc) is 2.87. The summed E-state index contributed by atoms with van der Waals surface area (Å²) in [7, 11) is 0. The molecule has 1 fully saturated rings. The summed E-state index contributed by atoms with van der Waals surface area (Å²) in [6.07, 6.45) is 0.392. The lowest BCUT2D eigenvalue weighted by Gasteiger charge is -2.24. The van der Waals surface area contributed by atoms with Crippen molar-refractivity contribution >= 4 is 34.8 Å². The number of nitrogens with one attached hydrogen (secondary N) is 2. The molecule has 0 unspecified atom stereocenters. The zero-order chi connectivity index (χ0) is 14.4. The minimum absolute atomic E-state index is 0.00728. The van der Waals surface area contributed by atoms with Crippen molar-refractivity contribution in [2.24, 2.45) is 0 Å². The van der Waals surface area contributed by atoms with Crippen LogP contribution in [-0.2, 0) is 16.0 Å². The molecule has 2 atom stereocenters. The number of fused-ring (bicyclic) bond motifs is 1. The van der Waals surface area contributed by atoms with Crippen molar-refractivity contribution in [2.75, 3.05) is 5.32 Å². The van der Waals surface area contributed by atoms with Gasteiger partial charge in [-0.25, -0.2) is 0 Å². The third-order valence-electron chi connectivity index (χ3n) is 3.79. The molecule has 2 heterocycles. The fourth-order valence-electron chi connectivity index (χ4n) is 2.65. The first-order valence-electron chi connectivity index (χ1n) is 6.53. The molecule has 0 aliphatic carbocycles. The minimum atomic E-state index is -0.275. The number of hydrogen-bond acceptors (Lipinski definition) is 3. The normalized spacial score (nSPS) is 22.6. The van der Waals surface area contributed by atoms with Gasteiger partial charge in [0.15, 0.2) is 5.11 Å². The van der Waals surface area contributed by atoms with Crippen LogP contribution in [0.1, 0.15) is 31.0 Å². The van der Waals surface area contributed by atoms with Crippen LogP contribution >= 0.6 is 12.2 Å². The van der Waals surface area contributed by atoms with Crippen LogP contribution in [0.4, 0.5) is 5.69 Å². The van der Waals surface area contributed by atoms with Gasteiger partial charge in [0.25, 0.3) is 5.91 Å². The first kappa shape index (κ1) is 13.1. The smallest absolute Gasteiger partial charge is 0.251 e. The third-order valence-corrected chi connectivity index (χ3v) is 4.11. The van der Waals surface area contributed by atoms with E-state index in [2.05, 4.69) is 10.6 Å². The Kier molecular flexibility index (Phi) is 2.97. The predicted molar refractivity (Wildman–Crippen MR) is 79.2 cm³/mol. The molecule has 2 amide bonds. The molecule has 0 radical (unpaired) electrons. The molecular weight excluding hydrogens is 274 g/mol. The molecule has 0 saturated carbocycles. The second-order valence-electron chi connectivity index (χ2n) is 5.20. The van der Waals surface area contributed by atoms with Crippen molar-refractivity contribution in [1.29, 1.82) is 0 Å². The number of anilines is 1. The first-order chi connectivity index (χ1) is 9.47. The molecule has 0 aromatic heterocycles. The molecule has 0 spiro atoms. The molecule has 1 saturated heterocycles. The third kappa shape index (κ3) is 1.96. The topological polar surface area (TPSA) is 61.4 Å². The van der Waals surface area contributed by atoms with E-state index in [1.807, 2.05) is 25.1 Å². The Hall–Kier alpha value is -1.95. The maximum Gasteiger partial charge on any atom is 0.251 e. The molecule has 20 heavy (non-hydrogen) atoms. The van der Waals surface area contributed by atoms with Gasteiger partial charge in [0, 0.05) is 5.69 Å². The second kappa shape index (κ2) is 4.56. The van der Waals surface area contributed by atoms with Crippen LogP contribution in [0.2, 0.25) is 0 Å². The van der Waals surface area contributed by atoms with E-state index in [1.54, 1.807) is 11.8 Å². The molecule has 104 valence electrons. The van der Waals surface area contributed by atoms with E-state index in [0.29, 0.717) is 11.5 Å². The second-order valence-corrected chi connectivity index (χ2v) is 5.58. The monoisotopic (exact) mass is 289 g/mol. The number of amides is 2. The molecule has 6 heteroatoms. The van der Waals surface area contributed by atoms with Crippen LogP contribution < -0.4 is 10.6 Å². The Morgan fingerprint density at radius 2 is 2.15 bits per heavy atom. The minimum Gasteiger partial charge on any atom is -0.351 e. The van der Waals surface area contributed by atoms with Crippen LogP contribution in [0.5, 0.6) is 0 Å². The predicted octanol–water partition coefficient (Wildman–Crippen LogP) is 1.35. The maximum atomic E-state index is 12.1. The lowest BCUT2D eigenvalue weighted by Crippen LogP contribution is -2.33. The van der Waals surface area contributed by atoms with Crippen LogP contribution in [0.3, 0.4) is 0 Å². The SMILES string of the molecule is C[C@H](c1ccc2c(c1)CC(=O)N2)N1C(=O)[C@@H](C)NC1=S. The standard InChI is InChI=1S/C14H15N3O2S/c1-7-13(19)17(14(20)15-7)8(2)9-3-4-11-10(5-9)6-12(18)16-11/h3-5,7-8H,6H2,1-2H3,(H,15,20)(H,16,18)/t7-,8-/m1/s1. The number of carbonyl (C=O) groups is 2. The van der Waals surface area contributed by atoms with Gasteiger partial charge in [-0.05, 0) is 43.3 Å². The zero-order valence-corrected chi connectivity index (χ0v) is 12.1. The van der Waals surface area contributed by atoms with Crippen LogP contribution in [0.15, 0.2) is 18.2 Å². The van der Waals surface area contributed by atoms with Crippen LogP contribution in [0.25, 0.3) is 0 Å². The summed E-state index contributed by atoms with van der Waals surface area (Å²) in [4.78, 5) is 25.1. The van der Waals surface area contributed by atoms with Gasteiger partial charge in [-0.3, -0.25) is 14.5 Å². The van der Waals surface area contributed by atoms with Gasteiger partial charge in [0.05, 0.1) is 12.5 Å². The molecule has 0 bridgehead atoms. The summed E-state index contributed by atoms with van der Waals surface area (Å²) in [5, 5.41) is 6.23. The van der Waals surface area contributed by atoms with E-state index < -0.39 is 0 Å². The van der Waals surface area contributed by atoms with Gasteiger partial charge in [-0.2, -0.15) is 0 Å². The Morgan fingerprint density at radius 1 is 1.40 bits per heavy atom. The highest BCUT2D eigenvalue weighted by molar-refractivity contribution is 7.80. The first-order valence-corrected chi connectivity index (χ1v) is 6.94. The molecule has 2 aliphatic heterocycles. The summed E-state index contributed by atoms with van der Waals surface area (Å²) >= 11 is 5.22. The molecular formula is C14H15N3O2S. The summed E-state index contributed by atoms with van der Waals surface area (Å²) in [5.74, 6) is -0.00920. The lowest BCUT2D eigenvalue weighted by atomic mass is 10.0. The Balaban J connectivity index is 1.90. The maximum absolute atomic E-state index is 12.1. The van der Waals surface area contributed by atoms with E-state index >= 15 is 0 Å². The number of benzene rings is 1. The van der Waals surface area contributed by atoms with E-state index in [-0.39, 0.29) is 23.9 Å². The van der Waals surface area contributed by atoms with Crippen molar-refractivity contribution in [1.82, 2.24) is 10.2 Å². The highest BCUT2D eigenvalue weighted by atomic mass is 32.1. The van der Waals surface area contributed by atoms with E-state index in [9.17, 15) is 9.59 Å². The quantitative estimate of drug-likeness (QED) is 0.807. The number of carbonyl (C=O) groups excluding carboxylic acids is 2. The average molecular weight is 289 g/mol. The summed E-state index contributed by atoms with van der Waals surface area (Å²) in [6.45, 7) is 3.74. The Labute approximate surface area is 122 Å². The molecule has 5 nitrogen and oxygen atoms in total. The number of rotatable bonds is 2. The molecule has 1 aromatic rings. The van der Waals surface area contributed by atoms with Gasteiger partial charge >= 0.3 is 0 Å². The number of thiocarbonyl (C=S) groups is 1. The zero-order valence-electron chi connectivity index (χ0n) is 11.3. The lowest BCUT2D eigenvalue weighted by molar-refractivity contribution is -0.128. The fraction of sp³-hybridized carbons (Fsp3) is 0.357. The Bertz CT molecular complexity index is 629. The summed E-state index contributed by atoms with van der Waals surface area (Å²) in [6, 6.07) is 5.35. The van der Waals surface area contributed by atoms with Gasteiger partial charge < -0.3 is 10.6 Å². The largest absolute Gasteiger partial charge is 0.351 e. The van der Waals surface area contributed by atoms with Gasteiger partial charge in [-0.15, -0.1) is 0 Å². The van der Waals surface area contributed by atoms with Crippen molar-refractivity contribution in [2.45, 2.75) is 32.4 Å². The van der Waals surface area contributed by atoms with Crippen molar-refractivity contribution < 1.29 is 9.59 Å². The molecule has 1 aromatic carbocycles. The highest BCUT2D eigenvalue weighted by Crippen LogP contribution is 2.30. The summed E-state index contributed by atoms with van der Waals surface area (Å²) < 4.78 is 0. The van der Waals surface area contributed by atoms with Crippen LogP contribution in [-0.4, -0.2) is 27.9 Å². The van der Waals surface area contributed by atoms with Gasteiger partial charge in [0.2, 0.25) is 5.91 Å². The van der Waals surface area contributed by atoms with E-state index in [4.69, 9.17) is 12.2 Å². The number of hydrogen-bond donors (Lipinski definition) is 2. The van der Waals surface area contributed by atoms with Gasteiger partial charge in [-0.1, -0.05) is 12.1 Å². The Morgan fingerprint density at radius 3 is 2.80 bits per heavy atom. The summed E-state index contributed by atoms with van der Waals surface area (Å²) in [5.41, 5.74) is 2.80. The highest BCUT2D eigenvalue weighted by Gasteiger charge is 2.36.